The summed E-state index contributed by atoms with van der Waals surface area (Å²) in [5.41, 5.74) is 0. The Morgan fingerprint density at radius 2 is 0.529 bits per heavy atom. The molecule has 0 saturated carbocycles. The van der Waals surface area contributed by atoms with Crippen molar-refractivity contribution in [1.29, 1.82) is 0 Å². The monoisotopic (exact) mass is 1420 g/mol. The molecule has 0 aliphatic carbocycles. The van der Waals surface area contributed by atoms with E-state index in [1.807, 2.05) is 21.1 Å². The molecule has 0 aromatic rings. The topological polar surface area (TPSA) is 111 Å². The van der Waals surface area contributed by atoms with Crippen LogP contribution in [0, 0.1) is 0 Å². The zero-order valence-corrected chi connectivity index (χ0v) is 66.1. The maximum atomic E-state index is 12.9. The van der Waals surface area contributed by atoms with E-state index in [4.69, 9.17) is 18.5 Å². The van der Waals surface area contributed by atoms with Crippen molar-refractivity contribution in [3.8, 4) is 0 Å². The number of hydrogen-bond donors (Lipinski definition) is 0. The van der Waals surface area contributed by atoms with Crippen LogP contribution in [0.4, 0.5) is 0 Å². The van der Waals surface area contributed by atoms with Gasteiger partial charge in [-0.25, -0.2) is 0 Å². The number of quaternary nitrogens is 1. The molecular weight excluding hydrogens is 1280 g/mol. The number of unbranched alkanes of at least 4 members (excludes halogenated alkanes) is 19. The highest BCUT2D eigenvalue weighted by atomic mass is 31.2. The fourth-order valence-electron chi connectivity index (χ4n) is 10.1. The Morgan fingerprint density at radius 3 is 0.804 bits per heavy atom. The summed E-state index contributed by atoms with van der Waals surface area (Å²) in [7, 11) is 1.11. The predicted octanol–water partition coefficient (Wildman–Crippen LogP) is 26.6. The molecule has 0 aliphatic rings. The highest BCUT2D eigenvalue weighted by molar-refractivity contribution is 7.45. The summed E-state index contributed by atoms with van der Waals surface area (Å²) in [6.07, 6.45) is 127. The minimum Gasteiger partial charge on any atom is -0.756 e. The molecule has 2 unspecified atom stereocenters. The zero-order valence-electron chi connectivity index (χ0n) is 65.2. The number of allylic oxidation sites excluding steroid dienone is 38. The Bertz CT molecular complexity index is 2580. The first-order valence-electron chi connectivity index (χ1n) is 40.1. The van der Waals surface area contributed by atoms with Crippen molar-refractivity contribution in [2.24, 2.45) is 0 Å². The lowest BCUT2D eigenvalue weighted by atomic mass is 10.0. The second-order valence-electron chi connectivity index (χ2n) is 27.0. The van der Waals surface area contributed by atoms with Crippen molar-refractivity contribution in [3.05, 3.63) is 231 Å². The number of carbonyl (C=O) groups excluding carboxylic acids is 2. The zero-order chi connectivity index (χ0) is 74.0. The molecule has 0 fully saturated rings. The lowest BCUT2D eigenvalue weighted by Crippen LogP contribution is -2.37. The molecule has 0 saturated heterocycles. The van der Waals surface area contributed by atoms with E-state index in [-0.39, 0.29) is 26.1 Å². The molecule has 0 aliphatic heterocycles. The quantitative estimate of drug-likeness (QED) is 0.0195. The van der Waals surface area contributed by atoms with E-state index in [0.29, 0.717) is 23.9 Å². The number of hydrogen-bond acceptors (Lipinski definition) is 8. The second kappa shape index (κ2) is 79.2. The van der Waals surface area contributed by atoms with Crippen molar-refractivity contribution < 1.29 is 42.1 Å². The summed E-state index contributed by atoms with van der Waals surface area (Å²) in [5.74, 6) is -0.895. The SMILES string of the molecule is CC/C=C\C/C=C\C/C=C\C/C=C\C/C=C\C/C=C\C/C=C\C/C=C\C/C=C\C/C=C\C/C=C\C/C=C\CCCCC(=O)OC(COC(=O)CCCCCCCCCCCCCCCCCCC/C=C\C/C=C\C/C=C\C/C=C\C/C=C\C/C=C\C/C=C\CC)COP(=O)([O-])OCC[N+](C)(C)C. The first kappa shape index (κ1) is 96.1. The van der Waals surface area contributed by atoms with E-state index >= 15 is 0 Å². The Labute approximate surface area is 626 Å². The van der Waals surface area contributed by atoms with Crippen LogP contribution in [-0.4, -0.2) is 70.0 Å². The minimum atomic E-state index is -4.67. The highest BCUT2D eigenvalue weighted by Crippen LogP contribution is 2.38. The third kappa shape index (κ3) is 83.0. The molecule has 0 aromatic heterocycles. The van der Waals surface area contributed by atoms with Gasteiger partial charge in [0.25, 0.3) is 7.82 Å². The van der Waals surface area contributed by atoms with Crippen LogP contribution in [0.15, 0.2) is 231 Å². The van der Waals surface area contributed by atoms with Crippen molar-refractivity contribution in [2.75, 3.05) is 47.5 Å². The smallest absolute Gasteiger partial charge is 0.306 e. The molecule has 0 rings (SSSR count). The van der Waals surface area contributed by atoms with Crippen LogP contribution in [0.2, 0.25) is 0 Å². The number of likely N-dealkylation sites (N-methyl/N-ethyl adjacent to an activating group) is 1. The van der Waals surface area contributed by atoms with Crippen molar-refractivity contribution in [1.82, 2.24) is 0 Å². The van der Waals surface area contributed by atoms with Gasteiger partial charge >= 0.3 is 11.9 Å². The van der Waals surface area contributed by atoms with Gasteiger partial charge in [-0.3, -0.25) is 14.2 Å². The van der Waals surface area contributed by atoms with Gasteiger partial charge in [0.1, 0.15) is 19.8 Å². The molecule has 10 heteroatoms. The van der Waals surface area contributed by atoms with Crippen LogP contribution in [0.3, 0.4) is 0 Å². The van der Waals surface area contributed by atoms with Gasteiger partial charge in [-0.05, 0) is 161 Å². The molecule has 0 heterocycles. The number of phosphoric ester groups is 1. The van der Waals surface area contributed by atoms with E-state index in [1.54, 1.807) is 0 Å². The van der Waals surface area contributed by atoms with Crippen LogP contribution in [-0.2, 0) is 32.7 Å². The average Bonchev–Trinajstić information content (AvgIpc) is 0.914. The highest BCUT2D eigenvalue weighted by Gasteiger charge is 2.22. The number of rotatable bonds is 71. The molecule has 0 aromatic carbocycles. The number of nitrogens with zero attached hydrogens (tertiary/aromatic N) is 1. The first-order chi connectivity index (χ1) is 50.0. The van der Waals surface area contributed by atoms with Gasteiger partial charge in [0.15, 0.2) is 6.10 Å². The summed E-state index contributed by atoms with van der Waals surface area (Å²) in [5, 5.41) is 0. The largest absolute Gasteiger partial charge is 0.756 e. The number of esters is 2. The van der Waals surface area contributed by atoms with E-state index in [9.17, 15) is 19.0 Å². The number of phosphoric acid groups is 1. The maximum absolute atomic E-state index is 12.9. The van der Waals surface area contributed by atoms with Crippen molar-refractivity contribution in [3.63, 3.8) is 0 Å². The molecule has 0 amide bonds. The summed E-state index contributed by atoms with van der Waals surface area (Å²) in [6.45, 7) is 3.95. The van der Waals surface area contributed by atoms with Crippen LogP contribution >= 0.6 is 7.82 Å². The fraction of sp³-hybridized carbons (Fsp3) is 0.565. The van der Waals surface area contributed by atoms with Gasteiger partial charge in [0.2, 0.25) is 0 Å². The van der Waals surface area contributed by atoms with Gasteiger partial charge in [-0.1, -0.05) is 341 Å². The van der Waals surface area contributed by atoms with Gasteiger partial charge in [-0.15, -0.1) is 0 Å². The van der Waals surface area contributed by atoms with Crippen LogP contribution in [0.25, 0.3) is 0 Å². The van der Waals surface area contributed by atoms with Gasteiger partial charge in [0, 0.05) is 12.8 Å². The van der Waals surface area contributed by atoms with Crippen molar-refractivity contribution >= 4 is 19.8 Å². The predicted molar refractivity (Wildman–Crippen MR) is 442 cm³/mol. The Kier molecular flexibility index (Phi) is 74.6. The van der Waals surface area contributed by atoms with Crippen molar-refractivity contribution in [2.45, 2.75) is 290 Å². The van der Waals surface area contributed by atoms with E-state index in [0.717, 1.165) is 154 Å². The molecular formula is C92H146NO8P. The van der Waals surface area contributed by atoms with Crippen LogP contribution in [0.1, 0.15) is 284 Å². The lowest BCUT2D eigenvalue weighted by molar-refractivity contribution is -0.870. The molecule has 9 nitrogen and oxygen atoms in total. The molecule has 0 spiro atoms. The third-order valence-electron chi connectivity index (χ3n) is 16.2. The first-order valence-corrected chi connectivity index (χ1v) is 41.6. The number of ether oxygens (including phenoxy) is 2. The van der Waals surface area contributed by atoms with E-state index in [2.05, 4.69) is 245 Å². The summed E-state index contributed by atoms with van der Waals surface area (Å²) >= 11 is 0. The molecule has 102 heavy (non-hydrogen) atoms. The molecule has 2 atom stereocenters. The molecule has 0 radical (unpaired) electrons. The second-order valence-corrected chi connectivity index (χ2v) is 28.4. The Balaban J connectivity index is 4.13. The molecule has 0 N–H and O–H groups in total. The molecule has 572 valence electrons. The Morgan fingerprint density at radius 1 is 0.304 bits per heavy atom. The fourth-order valence-corrected chi connectivity index (χ4v) is 10.9. The lowest BCUT2D eigenvalue weighted by Gasteiger charge is -2.28. The van der Waals surface area contributed by atoms with Gasteiger partial charge < -0.3 is 27.9 Å². The number of carbonyl (C=O) groups is 2. The van der Waals surface area contributed by atoms with Gasteiger partial charge in [0.05, 0.1) is 27.7 Å². The third-order valence-corrected chi connectivity index (χ3v) is 17.1. The van der Waals surface area contributed by atoms with E-state index in [1.165, 1.54) is 89.9 Å². The standard InChI is InChI=1S/C92H146NO8P/c1-6-8-10-12-14-16-18-20-22-24-26-28-30-32-34-36-38-40-42-44-46-48-50-52-54-56-58-60-62-64-66-68-70-72-74-76-78-80-82-84-91(94)98-88-90(89-100-102(96,97)99-87-86-93(3,4)5)101-92(95)85-83-81-79-77-75-73-71-69-67-65-63-61-59-57-55-53-51-49-47-45-43-41-39-37-35-33-31-29-27-25-23-21-19-17-15-13-11-9-7-2/h8-11,14-17,20-23,26-29,32-35,38-41,44-47,51,53,57,59,63,65,69,71,75,77,90H,6-7,12-13,18-19,24-25,30-31,36-37,42-43,48-50,52,54-56,58,60-62,64,66-68,70,72-74,76,78-89H2,1-5H3/b10-8-,11-9-,16-14-,17-15-,22-20-,23-21-,28-26-,29-27-,34-32-,35-33-,40-38-,41-39-,46-44-,47-45-,53-51-,59-57-,65-63-,71-69-,77-75-. The average molecular weight is 1430 g/mol. The normalized spacial score (nSPS) is 14.3. The summed E-state index contributed by atoms with van der Waals surface area (Å²) in [6, 6.07) is 0. The Hall–Kier alpha value is -5.93. The summed E-state index contributed by atoms with van der Waals surface area (Å²) < 4.78 is 34.3. The van der Waals surface area contributed by atoms with Gasteiger partial charge in [-0.2, -0.15) is 0 Å². The minimum absolute atomic E-state index is 0.0503. The van der Waals surface area contributed by atoms with Crippen LogP contribution in [0.5, 0.6) is 0 Å². The van der Waals surface area contributed by atoms with Crippen LogP contribution < -0.4 is 4.89 Å². The maximum Gasteiger partial charge on any atom is 0.306 e. The van der Waals surface area contributed by atoms with E-state index < -0.39 is 32.5 Å². The summed E-state index contributed by atoms with van der Waals surface area (Å²) in [4.78, 5) is 38.2. The molecule has 0 bridgehead atoms.